The van der Waals surface area contributed by atoms with E-state index in [9.17, 15) is 9.90 Å². The van der Waals surface area contributed by atoms with Crippen molar-refractivity contribution in [3.63, 3.8) is 0 Å². The second-order valence-electron chi connectivity index (χ2n) is 7.53. The topological polar surface area (TPSA) is 68.0 Å². The van der Waals surface area contributed by atoms with Crippen molar-refractivity contribution < 1.29 is 9.90 Å². The zero-order valence-electron chi connectivity index (χ0n) is 13.8. The summed E-state index contributed by atoms with van der Waals surface area (Å²) in [6.45, 7) is 12.1. The van der Waals surface area contributed by atoms with Crippen LogP contribution in [-0.4, -0.2) is 25.8 Å². The molecule has 0 aliphatic rings. The summed E-state index contributed by atoms with van der Waals surface area (Å²) in [5.41, 5.74) is 1.98. The fourth-order valence-corrected chi connectivity index (χ4v) is 2.32. The number of hydrogen-bond donors (Lipinski definition) is 1. The van der Waals surface area contributed by atoms with Crippen LogP contribution >= 0.6 is 0 Å². The van der Waals surface area contributed by atoms with Crippen LogP contribution in [0.2, 0.25) is 0 Å². The van der Waals surface area contributed by atoms with E-state index in [1.54, 1.807) is 10.7 Å². The first-order valence-corrected chi connectivity index (χ1v) is 7.05. The Morgan fingerprint density at radius 2 is 1.71 bits per heavy atom. The number of fused-ring (bicyclic) bond motifs is 1. The second-order valence-corrected chi connectivity index (χ2v) is 7.53. The van der Waals surface area contributed by atoms with Crippen LogP contribution in [0.25, 0.3) is 11.0 Å². The molecule has 2 heterocycles. The first-order valence-electron chi connectivity index (χ1n) is 7.05. The summed E-state index contributed by atoms with van der Waals surface area (Å²) in [7, 11) is 1.81. The summed E-state index contributed by atoms with van der Waals surface area (Å²) >= 11 is 0. The number of hydrogen-bond acceptors (Lipinski definition) is 3. The maximum Gasteiger partial charge on any atom is 0.336 e. The molecule has 0 aliphatic carbocycles. The van der Waals surface area contributed by atoms with Crippen molar-refractivity contribution in [2.24, 2.45) is 7.05 Å². The third kappa shape index (κ3) is 2.64. The predicted octanol–water partition coefficient (Wildman–Crippen LogP) is 3.26. The quantitative estimate of drug-likeness (QED) is 0.875. The van der Waals surface area contributed by atoms with Gasteiger partial charge in [-0.3, -0.25) is 4.68 Å². The molecular weight excluding hydrogens is 266 g/mol. The third-order valence-electron chi connectivity index (χ3n) is 3.50. The standard InChI is InChI=1S/C16H23N3O2/c1-15(2,3)10-8-9(14(20)21)11-12(16(4,5)6)18-19(7)13(11)17-10/h8H,1-7H3,(H,20,21). The average molecular weight is 289 g/mol. The van der Waals surface area contributed by atoms with Crippen LogP contribution in [0.5, 0.6) is 0 Å². The fraction of sp³-hybridized carbons (Fsp3) is 0.562. The zero-order chi connectivity index (χ0) is 16.2. The maximum atomic E-state index is 11.7. The number of nitrogens with zero attached hydrogens (tertiary/aromatic N) is 3. The van der Waals surface area contributed by atoms with E-state index in [0.29, 0.717) is 11.0 Å². The van der Waals surface area contributed by atoms with Gasteiger partial charge in [0.2, 0.25) is 0 Å². The summed E-state index contributed by atoms with van der Waals surface area (Å²) in [6.07, 6.45) is 0. The largest absolute Gasteiger partial charge is 0.478 e. The van der Waals surface area contributed by atoms with Crippen molar-refractivity contribution in [1.82, 2.24) is 14.8 Å². The summed E-state index contributed by atoms with van der Waals surface area (Å²) in [5, 5.41) is 14.8. The molecule has 0 bridgehead atoms. The highest BCUT2D eigenvalue weighted by molar-refractivity contribution is 6.03. The number of carbonyl (C=O) groups is 1. The number of carboxylic acids is 1. The second kappa shape index (κ2) is 4.55. The van der Waals surface area contributed by atoms with Gasteiger partial charge in [0.25, 0.3) is 0 Å². The van der Waals surface area contributed by atoms with Gasteiger partial charge >= 0.3 is 5.97 Å². The van der Waals surface area contributed by atoms with Gasteiger partial charge in [-0.25, -0.2) is 9.78 Å². The molecule has 2 aromatic rings. The SMILES string of the molecule is Cn1nc(C(C)(C)C)c2c(C(=O)O)cc(C(C)(C)C)nc21. The Morgan fingerprint density at radius 1 is 1.14 bits per heavy atom. The van der Waals surface area contributed by atoms with Crippen LogP contribution in [0.3, 0.4) is 0 Å². The minimum absolute atomic E-state index is 0.218. The Hall–Kier alpha value is -1.91. The summed E-state index contributed by atoms with van der Waals surface area (Å²) < 4.78 is 1.68. The Kier molecular flexibility index (Phi) is 3.35. The van der Waals surface area contributed by atoms with Gasteiger partial charge in [-0.05, 0) is 6.07 Å². The van der Waals surface area contributed by atoms with Crippen molar-refractivity contribution >= 4 is 17.0 Å². The van der Waals surface area contributed by atoms with E-state index in [4.69, 9.17) is 0 Å². The molecule has 0 unspecified atom stereocenters. The van der Waals surface area contributed by atoms with Gasteiger partial charge in [0.1, 0.15) is 0 Å². The lowest BCUT2D eigenvalue weighted by atomic mass is 9.87. The van der Waals surface area contributed by atoms with Gasteiger partial charge in [-0.1, -0.05) is 41.5 Å². The van der Waals surface area contributed by atoms with Gasteiger partial charge in [0.05, 0.1) is 16.6 Å². The smallest absolute Gasteiger partial charge is 0.336 e. The van der Waals surface area contributed by atoms with Crippen LogP contribution in [0.4, 0.5) is 0 Å². The molecule has 1 N–H and O–H groups in total. The normalized spacial score (nSPS) is 12.9. The highest BCUT2D eigenvalue weighted by atomic mass is 16.4. The highest BCUT2D eigenvalue weighted by Gasteiger charge is 2.28. The number of aryl methyl sites for hydroxylation is 1. The van der Waals surface area contributed by atoms with Gasteiger partial charge in [-0.2, -0.15) is 5.10 Å². The van der Waals surface area contributed by atoms with E-state index in [-0.39, 0.29) is 16.4 Å². The van der Waals surface area contributed by atoms with Crippen molar-refractivity contribution in [3.8, 4) is 0 Å². The zero-order valence-corrected chi connectivity index (χ0v) is 13.8. The van der Waals surface area contributed by atoms with E-state index in [1.807, 2.05) is 48.6 Å². The monoisotopic (exact) mass is 289 g/mol. The molecule has 21 heavy (non-hydrogen) atoms. The van der Waals surface area contributed by atoms with E-state index in [2.05, 4.69) is 10.1 Å². The van der Waals surface area contributed by atoms with Gasteiger partial charge < -0.3 is 5.11 Å². The maximum absolute atomic E-state index is 11.7. The molecule has 0 fully saturated rings. The summed E-state index contributed by atoms with van der Waals surface area (Å²) in [5.74, 6) is -0.939. The van der Waals surface area contributed by atoms with Crippen molar-refractivity contribution in [3.05, 3.63) is 23.0 Å². The third-order valence-corrected chi connectivity index (χ3v) is 3.50. The molecule has 2 aromatic heterocycles. The van der Waals surface area contributed by atoms with Gasteiger partial charge in [0, 0.05) is 23.6 Å². The van der Waals surface area contributed by atoms with E-state index >= 15 is 0 Å². The van der Waals surface area contributed by atoms with Crippen LogP contribution in [0.15, 0.2) is 6.07 Å². The fourth-order valence-electron chi connectivity index (χ4n) is 2.32. The van der Waals surface area contributed by atoms with E-state index in [0.717, 1.165) is 11.4 Å². The minimum atomic E-state index is -0.939. The van der Waals surface area contributed by atoms with Crippen molar-refractivity contribution in [1.29, 1.82) is 0 Å². The molecule has 0 radical (unpaired) electrons. The van der Waals surface area contributed by atoms with Crippen LogP contribution in [0.1, 0.15) is 63.3 Å². The molecule has 0 saturated carbocycles. The molecule has 114 valence electrons. The lowest BCUT2D eigenvalue weighted by Gasteiger charge is -2.20. The highest BCUT2D eigenvalue weighted by Crippen LogP contribution is 2.33. The molecule has 2 rings (SSSR count). The molecule has 0 saturated heterocycles. The Labute approximate surface area is 125 Å². The van der Waals surface area contributed by atoms with Crippen molar-refractivity contribution in [2.45, 2.75) is 52.4 Å². The van der Waals surface area contributed by atoms with Gasteiger partial charge in [0.15, 0.2) is 5.65 Å². The molecule has 0 spiro atoms. The Bertz CT molecular complexity index is 716. The van der Waals surface area contributed by atoms with Crippen molar-refractivity contribution in [2.75, 3.05) is 0 Å². The Morgan fingerprint density at radius 3 is 2.14 bits per heavy atom. The summed E-state index contributed by atoms with van der Waals surface area (Å²) in [6, 6.07) is 1.68. The van der Waals surface area contributed by atoms with Gasteiger partial charge in [-0.15, -0.1) is 0 Å². The molecule has 0 aliphatic heterocycles. The van der Waals surface area contributed by atoms with Crippen LogP contribution in [0, 0.1) is 0 Å². The molecule has 0 aromatic carbocycles. The minimum Gasteiger partial charge on any atom is -0.478 e. The number of rotatable bonds is 1. The molecule has 5 nitrogen and oxygen atoms in total. The lowest BCUT2D eigenvalue weighted by molar-refractivity contribution is 0.0698. The first kappa shape index (κ1) is 15.5. The number of carboxylic acid groups (broad SMARTS) is 1. The average Bonchev–Trinajstić information content (AvgIpc) is 2.64. The van der Waals surface area contributed by atoms with Crippen LogP contribution < -0.4 is 0 Å². The van der Waals surface area contributed by atoms with E-state index in [1.165, 1.54) is 0 Å². The molecule has 5 heteroatoms. The first-order chi connectivity index (χ1) is 9.43. The Balaban J connectivity index is 2.95. The molecule has 0 amide bonds. The number of aromatic nitrogens is 3. The number of pyridine rings is 1. The summed E-state index contributed by atoms with van der Waals surface area (Å²) in [4.78, 5) is 16.4. The number of aromatic carboxylic acids is 1. The molecular formula is C16H23N3O2. The lowest BCUT2D eigenvalue weighted by Crippen LogP contribution is -2.17. The van der Waals surface area contributed by atoms with Crippen LogP contribution in [-0.2, 0) is 17.9 Å². The molecule has 0 atom stereocenters. The predicted molar refractivity (Wildman–Crippen MR) is 82.9 cm³/mol. The van der Waals surface area contributed by atoms with E-state index < -0.39 is 5.97 Å².